The summed E-state index contributed by atoms with van der Waals surface area (Å²) >= 11 is 3.33. The van der Waals surface area contributed by atoms with Crippen LogP contribution < -0.4 is 5.32 Å². The number of nitrogens with one attached hydrogen (secondary N) is 1. The van der Waals surface area contributed by atoms with Gasteiger partial charge >= 0.3 is 0 Å². The molecule has 1 fully saturated rings. The van der Waals surface area contributed by atoms with Gasteiger partial charge in [-0.05, 0) is 15.9 Å². The molecule has 0 aliphatic carbocycles. The highest BCUT2D eigenvalue weighted by Gasteiger charge is 2.36. The van der Waals surface area contributed by atoms with Crippen molar-refractivity contribution in [3.8, 4) is 0 Å². The van der Waals surface area contributed by atoms with Gasteiger partial charge in [-0.3, -0.25) is 0 Å². The lowest BCUT2D eigenvalue weighted by molar-refractivity contribution is 0.0842. The molecule has 0 aromatic carbocycles. The van der Waals surface area contributed by atoms with E-state index in [2.05, 4.69) is 26.4 Å². The van der Waals surface area contributed by atoms with Gasteiger partial charge in [0.2, 0.25) is 0 Å². The van der Waals surface area contributed by atoms with Crippen molar-refractivity contribution in [1.29, 1.82) is 0 Å². The molecule has 2 heterocycles. The number of fused-ring (bicyclic) bond motifs is 1. The number of rotatable bonds is 0. The Balaban J connectivity index is 2.16. The zero-order valence-corrected chi connectivity index (χ0v) is 6.39. The lowest BCUT2D eigenvalue weighted by atomic mass is 10.1. The Morgan fingerprint density at radius 1 is 1.67 bits per heavy atom. The summed E-state index contributed by atoms with van der Waals surface area (Å²) in [5.41, 5.74) is 0. The molecule has 3 nitrogen and oxygen atoms in total. The van der Waals surface area contributed by atoms with E-state index in [0.29, 0.717) is 12.0 Å². The number of hydrogen-bond donors (Lipinski definition) is 1. The minimum atomic E-state index is 0.291. The molecule has 2 aliphatic heterocycles. The minimum absolute atomic E-state index is 0.291. The van der Waals surface area contributed by atoms with Crippen molar-refractivity contribution in [2.45, 2.75) is 6.10 Å². The standard InChI is InChI=1S/C5H7BrN2O/c6-5-3-1-7-2-4(3)9-8-5/h3-4,7H,1-2H2/t3-,4-/m0/s1. The van der Waals surface area contributed by atoms with Crippen molar-refractivity contribution in [1.82, 2.24) is 5.32 Å². The fourth-order valence-corrected chi connectivity index (χ4v) is 1.73. The van der Waals surface area contributed by atoms with Crippen LogP contribution in [0.5, 0.6) is 0 Å². The average Bonchev–Trinajstić information content (AvgIpc) is 2.35. The topological polar surface area (TPSA) is 33.6 Å². The first kappa shape index (κ1) is 5.68. The van der Waals surface area contributed by atoms with E-state index in [4.69, 9.17) is 4.84 Å². The molecule has 2 aliphatic rings. The predicted octanol–water partition coefficient (Wildman–Crippen LogP) is 0.313. The van der Waals surface area contributed by atoms with E-state index in [1.54, 1.807) is 0 Å². The van der Waals surface area contributed by atoms with E-state index in [9.17, 15) is 0 Å². The summed E-state index contributed by atoms with van der Waals surface area (Å²) in [4.78, 5) is 5.07. The van der Waals surface area contributed by atoms with Gasteiger partial charge in [0.15, 0.2) is 0 Å². The van der Waals surface area contributed by atoms with Crippen LogP contribution in [-0.4, -0.2) is 23.8 Å². The maximum Gasteiger partial charge on any atom is 0.150 e. The summed E-state index contributed by atoms with van der Waals surface area (Å²) < 4.78 is 0.956. The molecule has 0 aromatic rings. The summed E-state index contributed by atoms with van der Waals surface area (Å²) in [5, 5.41) is 7.03. The first-order valence-electron chi connectivity index (χ1n) is 2.98. The normalized spacial score (nSPS) is 39.9. The van der Waals surface area contributed by atoms with Crippen molar-refractivity contribution in [3.63, 3.8) is 0 Å². The summed E-state index contributed by atoms with van der Waals surface area (Å²) in [7, 11) is 0. The van der Waals surface area contributed by atoms with Crippen molar-refractivity contribution in [2.75, 3.05) is 13.1 Å². The SMILES string of the molecule is BrC1=NO[C@H]2CNC[C@H]12. The molecule has 9 heavy (non-hydrogen) atoms. The van der Waals surface area contributed by atoms with Gasteiger partial charge in [0.25, 0.3) is 0 Å². The molecule has 2 atom stereocenters. The van der Waals surface area contributed by atoms with Crippen LogP contribution >= 0.6 is 15.9 Å². The minimum Gasteiger partial charge on any atom is -0.390 e. The number of nitrogens with zero attached hydrogens (tertiary/aromatic N) is 1. The Kier molecular flexibility index (Phi) is 1.23. The number of hydrogen-bond acceptors (Lipinski definition) is 3. The lowest BCUT2D eigenvalue weighted by Gasteiger charge is -2.01. The van der Waals surface area contributed by atoms with Crippen molar-refractivity contribution in [2.24, 2.45) is 11.1 Å². The summed E-state index contributed by atoms with van der Waals surface area (Å²) in [6.07, 6.45) is 0.291. The molecule has 0 radical (unpaired) electrons. The molecule has 1 N–H and O–H groups in total. The van der Waals surface area contributed by atoms with Gasteiger partial charge in [0.05, 0.1) is 5.92 Å². The molecule has 0 aromatic heterocycles. The molecular weight excluding hydrogens is 184 g/mol. The third-order valence-electron chi connectivity index (χ3n) is 1.74. The highest BCUT2D eigenvalue weighted by molar-refractivity contribution is 9.18. The van der Waals surface area contributed by atoms with Crippen LogP contribution in [-0.2, 0) is 4.84 Å². The summed E-state index contributed by atoms with van der Waals surface area (Å²) in [5.74, 6) is 0.477. The van der Waals surface area contributed by atoms with Crippen molar-refractivity contribution < 1.29 is 4.84 Å². The Morgan fingerprint density at radius 3 is 3.33 bits per heavy atom. The molecule has 0 unspecified atom stereocenters. The van der Waals surface area contributed by atoms with E-state index in [1.165, 1.54) is 0 Å². The van der Waals surface area contributed by atoms with Gasteiger partial charge in [0.1, 0.15) is 10.7 Å². The second-order valence-corrected chi connectivity index (χ2v) is 3.14. The summed E-state index contributed by atoms with van der Waals surface area (Å²) in [6, 6.07) is 0. The van der Waals surface area contributed by atoms with E-state index in [0.717, 1.165) is 17.7 Å². The van der Waals surface area contributed by atoms with Crippen LogP contribution in [0, 0.1) is 5.92 Å². The van der Waals surface area contributed by atoms with Crippen LogP contribution in [0.15, 0.2) is 5.16 Å². The number of oxime groups is 1. The third kappa shape index (κ3) is 0.773. The average molecular weight is 191 g/mol. The van der Waals surface area contributed by atoms with Crippen LogP contribution in [0.4, 0.5) is 0 Å². The first-order valence-corrected chi connectivity index (χ1v) is 3.77. The fourth-order valence-electron chi connectivity index (χ4n) is 1.19. The largest absolute Gasteiger partial charge is 0.390 e. The maximum absolute atomic E-state index is 5.07. The predicted molar refractivity (Wildman–Crippen MR) is 37.6 cm³/mol. The molecule has 0 amide bonds. The Morgan fingerprint density at radius 2 is 2.56 bits per heavy atom. The highest BCUT2D eigenvalue weighted by Crippen LogP contribution is 2.24. The monoisotopic (exact) mass is 190 g/mol. The van der Waals surface area contributed by atoms with Gasteiger partial charge in [-0.1, -0.05) is 5.16 Å². The first-order chi connectivity index (χ1) is 4.38. The van der Waals surface area contributed by atoms with Gasteiger partial charge in [-0.25, -0.2) is 0 Å². The molecule has 1 saturated heterocycles. The Hall–Kier alpha value is -0.0900. The molecule has 0 saturated carbocycles. The smallest absolute Gasteiger partial charge is 0.150 e. The van der Waals surface area contributed by atoms with E-state index >= 15 is 0 Å². The zero-order valence-electron chi connectivity index (χ0n) is 4.80. The lowest BCUT2D eigenvalue weighted by Crippen LogP contribution is -2.17. The molecule has 4 heteroatoms. The van der Waals surface area contributed by atoms with Gasteiger partial charge in [-0.15, -0.1) is 0 Å². The van der Waals surface area contributed by atoms with Crippen molar-refractivity contribution in [3.05, 3.63) is 0 Å². The van der Waals surface area contributed by atoms with Gasteiger partial charge < -0.3 is 10.2 Å². The second-order valence-electron chi connectivity index (χ2n) is 2.32. The van der Waals surface area contributed by atoms with Crippen LogP contribution in [0.1, 0.15) is 0 Å². The second kappa shape index (κ2) is 1.95. The van der Waals surface area contributed by atoms with E-state index in [1.807, 2.05) is 0 Å². The maximum atomic E-state index is 5.07. The zero-order chi connectivity index (χ0) is 6.27. The van der Waals surface area contributed by atoms with Gasteiger partial charge in [-0.2, -0.15) is 0 Å². The van der Waals surface area contributed by atoms with Crippen LogP contribution in [0.25, 0.3) is 0 Å². The molecule has 2 rings (SSSR count). The highest BCUT2D eigenvalue weighted by atomic mass is 79.9. The van der Waals surface area contributed by atoms with Crippen molar-refractivity contribution >= 4 is 20.6 Å². The Bertz CT molecular complexity index is 159. The van der Waals surface area contributed by atoms with Crippen LogP contribution in [0.2, 0.25) is 0 Å². The van der Waals surface area contributed by atoms with E-state index < -0.39 is 0 Å². The number of halogens is 1. The molecule has 0 spiro atoms. The molecule has 0 bridgehead atoms. The Labute approximate surface area is 61.6 Å². The van der Waals surface area contributed by atoms with Gasteiger partial charge in [0, 0.05) is 13.1 Å². The molecule has 50 valence electrons. The summed E-state index contributed by atoms with van der Waals surface area (Å²) in [6.45, 7) is 1.93. The molecular formula is C5H7BrN2O. The van der Waals surface area contributed by atoms with E-state index in [-0.39, 0.29) is 0 Å². The van der Waals surface area contributed by atoms with Crippen LogP contribution in [0.3, 0.4) is 0 Å². The quantitative estimate of drug-likeness (QED) is 0.597. The third-order valence-corrected chi connectivity index (χ3v) is 2.47. The fraction of sp³-hybridized carbons (Fsp3) is 0.800.